The molecule has 1 aliphatic carbocycles. The van der Waals surface area contributed by atoms with Crippen LogP contribution in [0.3, 0.4) is 0 Å². The third-order valence-corrected chi connectivity index (χ3v) is 5.95. The molecule has 20 heavy (non-hydrogen) atoms. The van der Waals surface area contributed by atoms with Crippen LogP contribution in [-0.4, -0.2) is 36.7 Å². The average molecular weight is 281 g/mol. The van der Waals surface area contributed by atoms with E-state index in [2.05, 4.69) is 32.6 Å². The largest absolute Gasteiger partial charge is 0.381 e. The maximum atomic E-state index is 5.58. The Kier molecular flexibility index (Phi) is 5.53. The number of hydrogen-bond donors (Lipinski definition) is 0. The number of nitrogens with zero attached hydrogens (tertiary/aromatic N) is 1. The molecule has 0 N–H and O–H groups in total. The van der Waals surface area contributed by atoms with Gasteiger partial charge in [0.15, 0.2) is 0 Å². The summed E-state index contributed by atoms with van der Waals surface area (Å²) in [6.07, 6.45) is 8.67. The van der Waals surface area contributed by atoms with Crippen molar-refractivity contribution in [1.82, 2.24) is 4.90 Å². The summed E-state index contributed by atoms with van der Waals surface area (Å²) in [6, 6.07) is 0. The molecule has 118 valence electrons. The minimum Gasteiger partial charge on any atom is -0.381 e. The molecule has 2 nitrogen and oxygen atoms in total. The van der Waals surface area contributed by atoms with Crippen molar-refractivity contribution in [2.24, 2.45) is 17.8 Å². The van der Waals surface area contributed by atoms with Gasteiger partial charge in [0, 0.05) is 25.7 Å². The summed E-state index contributed by atoms with van der Waals surface area (Å²) in [5.41, 5.74) is 0.313. The second kappa shape index (κ2) is 6.79. The first-order valence-electron chi connectivity index (χ1n) is 8.70. The van der Waals surface area contributed by atoms with Crippen molar-refractivity contribution in [3.05, 3.63) is 0 Å². The number of rotatable bonds is 4. The summed E-state index contributed by atoms with van der Waals surface area (Å²) in [6.45, 7) is 12.1. The molecule has 0 aromatic heterocycles. The molecule has 1 atom stereocenters. The van der Waals surface area contributed by atoms with Crippen LogP contribution in [0.25, 0.3) is 0 Å². The molecule has 2 rings (SSSR count). The topological polar surface area (TPSA) is 12.5 Å². The van der Waals surface area contributed by atoms with Gasteiger partial charge in [-0.2, -0.15) is 0 Å². The van der Waals surface area contributed by atoms with Crippen LogP contribution >= 0.6 is 0 Å². The Morgan fingerprint density at radius 1 is 1.10 bits per heavy atom. The van der Waals surface area contributed by atoms with E-state index in [1.165, 1.54) is 51.6 Å². The van der Waals surface area contributed by atoms with Gasteiger partial charge in [-0.1, -0.05) is 13.8 Å². The van der Waals surface area contributed by atoms with E-state index in [9.17, 15) is 0 Å². The van der Waals surface area contributed by atoms with Crippen LogP contribution < -0.4 is 0 Å². The fraction of sp³-hybridized carbons (Fsp3) is 1.00. The highest BCUT2D eigenvalue weighted by atomic mass is 16.5. The van der Waals surface area contributed by atoms with Crippen LogP contribution in [0.5, 0.6) is 0 Å². The Morgan fingerprint density at radius 3 is 2.25 bits per heavy atom. The SMILES string of the molecule is COC1CCN(CC2CCC(C(C)C)CC2)C(C)(C)C1. The van der Waals surface area contributed by atoms with Crippen molar-refractivity contribution in [2.45, 2.75) is 77.9 Å². The van der Waals surface area contributed by atoms with Gasteiger partial charge in [-0.3, -0.25) is 4.90 Å². The summed E-state index contributed by atoms with van der Waals surface area (Å²) in [5.74, 6) is 2.80. The number of methoxy groups -OCH3 is 1. The van der Waals surface area contributed by atoms with Gasteiger partial charge in [-0.15, -0.1) is 0 Å². The van der Waals surface area contributed by atoms with E-state index in [4.69, 9.17) is 4.74 Å². The van der Waals surface area contributed by atoms with E-state index in [-0.39, 0.29) is 0 Å². The minimum atomic E-state index is 0.313. The first-order chi connectivity index (χ1) is 9.42. The third-order valence-electron chi connectivity index (χ3n) is 5.95. The zero-order valence-electron chi connectivity index (χ0n) is 14.3. The van der Waals surface area contributed by atoms with Gasteiger partial charge in [0.25, 0.3) is 0 Å². The molecule has 1 saturated heterocycles. The summed E-state index contributed by atoms with van der Waals surface area (Å²) in [4.78, 5) is 2.74. The molecule has 0 radical (unpaired) electrons. The number of piperidine rings is 1. The maximum absolute atomic E-state index is 5.58. The molecular weight excluding hydrogens is 246 g/mol. The highest BCUT2D eigenvalue weighted by Crippen LogP contribution is 2.36. The highest BCUT2D eigenvalue weighted by Gasteiger charge is 2.36. The monoisotopic (exact) mass is 281 g/mol. The van der Waals surface area contributed by atoms with Gasteiger partial charge >= 0.3 is 0 Å². The van der Waals surface area contributed by atoms with E-state index in [1.807, 2.05) is 7.11 Å². The van der Waals surface area contributed by atoms with Gasteiger partial charge in [0.05, 0.1) is 6.10 Å². The summed E-state index contributed by atoms with van der Waals surface area (Å²) in [7, 11) is 1.86. The lowest BCUT2D eigenvalue weighted by atomic mass is 9.76. The van der Waals surface area contributed by atoms with Gasteiger partial charge in [0.1, 0.15) is 0 Å². The van der Waals surface area contributed by atoms with E-state index in [0.29, 0.717) is 11.6 Å². The van der Waals surface area contributed by atoms with Crippen molar-refractivity contribution in [3.63, 3.8) is 0 Å². The Morgan fingerprint density at radius 2 is 1.75 bits per heavy atom. The number of hydrogen-bond acceptors (Lipinski definition) is 2. The molecule has 2 aliphatic rings. The van der Waals surface area contributed by atoms with Gasteiger partial charge in [-0.25, -0.2) is 0 Å². The van der Waals surface area contributed by atoms with Crippen LogP contribution in [0.1, 0.15) is 66.2 Å². The second-order valence-corrected chi connectivity index (χ2v) is 8.13. The second-order valence-electron chi connectivity index (χ2n) is 8.13. The lowest BCUT2D eigenvalue weighted by Crippen LogP contribution is -2.53. The predicted octanol–water partition coefficient (Wildman–Crippen LogP) is 4.34. The van der Waals surface area contributed by atoms with Crippen molar-refractivity contribution < 1.29 is 4.74 Å². The fourth-order valence-corrected chi connectivity index (χ4v) is 4.28. The van der Waals surface area contributed by atoms with Crippen LogP contribution in [0.2, 0.25) is 0 Å². The smallest absolute Gasteiger partial charge is 0.0601 e. The molecule has 1 saturated carbocycles. The van der Waals surface area contributed by atoms with Gasteiger partial charge in [0.2, 0.25) is 0 Å². The Balaban J connectivity index is 1.82. The molecule has 0 amide bonds. The number of likely N-dealkylation sites (tertiary alicyclic amines) is 1. The highest BCUT2D eigenvalue weighted by molar-refractivity contribution is 4.91. The fourth-order valence-electron chi connectivity index (χ4n) is 4.28. The molecular formula is C18H35NO. The summed E-state index contributed by atoms with van der Waals surface area (Å²) in [5, 5.41) is 0. The van der Waals surface area contributed by atoms with Crippen molar-refractivity contribution in [1.29, 1.82) is 0 Å². The minimum absolute atomic E-state index is 0.313. The summed E-state index contributed by atoms with van der Waals surface area (Å²) >= 11 is 0. The standard InChI is InChI=1S/C18H35NO/c1-14(2)16-8-6-15(7-9-16)13-19-11-10-17(20-5)12-18(19,3)4/h14-17H,6-13H2,1-5H3. The Labute approximate surface area is 126 Å². The van der Waals surface area contributed by atoms with Crippen molar-refractivity contribution in [3.8, 4) is 0 Å². The molecule has 0 bridgehead atoms. The zero-order chi connectivity index (χ0) is 14.8. The predicted molar refractivity (Wildman–Crippen MR) is 86.0 cm³/mol. The van der Waals surface area contributed by atoms with Gasteiger partial charge < -0.3 is 4.74 Å². The van der Waals surface area contributed by atoms with Crippen LogP contribution in [0, 0.1) is 17.8 Å². The number of ether oxygens (including phenoxy) is 1. The Hall–Kier alpha value is -0.0800. The maximum Gasteiger partial charge on any atom is 0.0601 e. The lowest BCUT2D eigenvalue weighted by molar-refractivity contribution is -0.0334. The molecule has 1 aliphatic heterocycles. The van der Waals surface area contributed by atoms with Crippen LogP contribution in [-0.2, 0) is 4.74 Å². The molecule has 0 spiro atoms. The lowest BCUT2D eigenvalue weighted by Gasteiger charge is -2.47. The van der Waals surface area contributed by atoms with Gasteiger partial charge in [-0.05, 0) is 70.1 Å². The average Bonchev–Trinajstić information content (AvgIpc) is 2.41. The first kappa shape index (κ1) is 16.3. The van der Waals surface area contributed by atoms with E-state index >= 15 is 0 Å². The summed E-state index contributed by atoms with van der Waals surface area (Å²) < 4.78 is 5.58. The molecule has 0 aromatic carbocycles. The molecule has 0 aromatic rings. The molecule has 2 heteroatoms. The third kappa shape index (κ3) is 3.98. The molecule has 1 heterocycles. The molecule has 2 fully saturated rings. The Bertz CT molecular complexity index is 292. The zero-order valence-corrected chi connectivity index (χ0v) is 14.3. The van der Waals surface area contributed by atoms with Crippen molar-refractivity contribution in [2.75, 3.05) is 20.2 Å². The van der Waals surface area contributed by atoms with E-state index in [1.54, 1.807) is 0 Å². The van der Waals surface area contributed by atoms with Crippen molar-refractivity contribution >= 4 is 0 Å². The van der Waals surface area contributed by atoms with E-state index < -0.39 is 0 Å². The quantitative estimate of drug-likeness (QED) is 0.760. The molecule has 1 unspecified atom stereocenters. The first-order valence-corrected chi connectivity index (χ1v) is 8.70. The van der Waals surface area contributed by atoms with Crippen LogP contribution in [0.4, 0.5) is 0 Å². The van der Waals surface area contributed by atoms with Crippen LogP contribution in [0.15, 0.2) is 0 Å². The normalized spacial score (nSPS) is 35.4. The van der Waals surface area contributed by atoms with E-state index in [0.717, 1.165) is 17.8 Å².